The number of rotatable bonds is 16. The molecule has 3 aromatic rings. The van der Waals surface area contributed by atoms with Gasteiger partial charge in [-0.25, -0.2) is 8.42 Å². The molecule has 0 bridgehead atoms. The van der Waals surface area contributed by atoms with Crippen LogP contribution in [0.2, 0.25) is 0 Å². The van der Waals surface area contributed by atoms with Gasteiger partial charge in [0.25, 0.3) is 5.91 Å². The van der Waals surface area contributed by atoms with Crippen LogP contribution in [0, 0.1) is 5.41 Å². The number of nitrogens with one attached hydrogen (secondary N) is 2. The number of thioether (sulfide) groups is 1. The van der Waals surface area contributed by atoms with Crippen molar-refractivity contribution in [3.63, 3.8) is 0 Å². The molecular weight excluding hydrogens is 663 g/mol. The van der Waals surface area contributed by atoms with E-state index in [0.717, 1.165) is 44.2 Å². The summed E-state index contributed by atoms with van der Waals surface area (Å²) >= 11 is 1.38. The van der Waals surface area contributed by atoms with E-state index >= 15 is 0 Å². The van der Waals surface area contributed by atoms with E-state index in [2.05, 4.69) is 29.4 Å². The number of carboxylic acid groups (broad SMARTS) is 1. The fourth-order valence-corrected chi connectivity index (χ4v) is 8.89. The number of benzene rings is 3. The maximum Gasteiger partial charge on any atom is 0.325 e. The molecule has 1 aliphatic rings. The van der Waals surface area contributed by atoms with E-state index in [1.807, 2.05) is 42.7 Å². The molecule has 1 unspecified atom stereocenters. The van der Waals surface area contributed by atoms with Crippen molar-refractivity contribution in [1.29, 1.82) is 0 Å². The molecule has 0 aliphatic carbocycles. The van der Waals surface area contributed by atoms with Crippen LogP contribution in [0.4, 0.5) is 11.4 Å². The van der Waals surface area contributed by atoms with Gasteiger partial charge in [0.2, 0.25) is 5.91 Å². The van der Waals surface area contributed by atoms with Gasteiger partial charge in [0, 0.05) is 23.7 Å². The zero-order valence-corrected chi connectivity index (χ0v) is 30.2. The molecule has 0 radical (unpaired) electrons. The van der Waals surface area contributed by atoms with Gasteiger partial charge in [-0.05, 0) is 49.8 Å². The first-order valence-corrected chi connectivity index (χ1v) is 19.6. The molecule has 4 rings (SSSR count). The minimum atomic E-state index is -3.79. The highest BCUT2D eigenvalue weighted by molar-refractivity contribution is 7.98. The Kier molecular flexibility index (Phi) is 13.2. The Labute approximate surface area is 293 Å². The lowest BCUT2D eigenvalue weighted by Gasteiger charge is -2.37. The predicted octanol–water partition coefficient (Wildman–Crippen LogP) is 6.53. The van der Waals surface area contributed by atoms with Crippen LogP contribution in [0.5, 0.6) is 5.75 Å². The molecule has 0 saturated carbocycles. The Balaban J connectivity index is 1.68. The molecule has 0 saturated heterocycles. The number of hydrogen-bond acceptors (Lipinski definition) is 8. The number of nitrogens with zero attached hydrogens (tertiary/aromatic N) is 1. The fourth-order valence-electron chi connectivity index (χ4n) is 6.23. The second-order valence-electron chi connectivity index (χ2n) is 12.6. The van der Waals surface area contributed by atoms with Crippen molar-refractivity contribution < 1.29 is 32.6 Å². The summed E-state index contributed by atoms with van der Waals surface area (Å²) < 4.78 is 34.7. The SMILES string of the molecule is CCCCC1(CCCC)CN(c2ccccc2)c2cc(SC)c(OCC(=O)NC(C(=O)N[C@@H](C)C(=O)O)c3ccccc3)cc2S(=O)(=O)C1. The van der Waals surface area contributed by atoms with Crippen LogP contribution in [0.15, 0.2) is 82.6 Å². The highest BCUT2D eigenvalue weighted by Crippen LogP contribution is 2.47. The van der Waals surface area contributed by atoms with Gasteiger partial charge in [-0.3, -0.25) is 14.4 Å². The van der Waals surface area contributed by atoms with E-state index in [1.165, 1.54) is 24.8 Å². The second kappa shape index (κ2) is 17.1. The zero-order valence-electron chi connectivity index (χ0n) is 28.6. The summed E-state index contributed by atoms with van der Waals surface area (Å²) in [5, 5.41) is 14.3. The summed E-state index contributed by atoms with van der Waals surface area (Å²) in [4.78, 5) is 40.6. The monoisotopic (exact) mass is 709 g/mol. The highest BCUT2D eigenvalue weighted by Gasteiger charge is 2.42. The number of sulfone groups is 1. The lowest BCUT2D eigenvalue weighted by Crippen LogP contribution is -2.46. The van der Waals surface area contributed by atoms with Gasteiger partial charge in [0.15, 0.2) is 16.4 Å². The van der Waals surface area contributed by atoms with Crippen molar-refractivity contribution in [3.8, 4) is 5.75 Å². The van der Waals surface area contributed by atoms with E-state index in [-0.39, 0.29) is 16.4 Å². The first-order valence-electron chi connectivity index (χ1n) is 16.7. The Bertz CT molecular complexity index is 1690. The predicted molar refractivity (Wildman–Crippen MR) is 193 cm³/mol. The second-order valence-corrected chi connectivity index (χ2v) is 15.4. The summed E-state index contributed by atoms with van der Waals surface area (Å²) in [6, 6.07) is 19.3. The van der Waals surface area contributed by atoms with Crippen LogP contribution < -0.4 is 20.3 Å². The van der Waals surface area contributed by atoms with Crippen molar-refractivity contribution >= 4 is 50.8 Å². The number of para-hydroxylation sites is 1. The van der Waals surface area contributed by atoms with Crippen LogP contribution in [-0.2, 0) is 24.2 Å². The molecule has 0 spiro atoms. The number of hydrogen-bond donors (Lipinski definition) is 3. The van der Waals surface area contributed by atoms with Crippen molar-refractivity contribution in [1.82, 2.24) is 10.6 Å². The molecule has 1 heterocycles. The van der Waals surface area contributed by atoms with Crippen molar-refractivity contribution in [2.24, 2.45) is 5.41 Å². The minimum Gasteiger partial charge on any atom is -0.483 e. The van der Waals surface area contributed by atoms with Gasteiger partial charge >= 0.3 is 5.97 Å². The van der Waals surface area contributed by atoms with Gasteiger partial charge < -0.3 is 25.4 Å². The molecule has 264 valence electrons. The average molecular weight is 710 g/mol. The largest absolute Gasteiger partial charge is 0.483 e. The van der Waals surface area contributed by atoms with E-state index in [4.69, 9.17) is 4.74 Å². The third kappa shape index (κ3) is 9.57. The molecule has 49 heavy (non-hydrogen) atoms. The van der Waals surface area contributed by atoms with E-state index in [1.54, 1.807) is 30.3 Å². The van der Waals surface area contributed by atoms with Crippen LogP contribution in [0.25, 0.3) is 0 Å². The standard InChI is InChI=1S/C37H47N3O7S2/c1-5-7-19-37(20-8-6-2)24-40(28-17-13-10-14-18-28)29-21-31(48-4)30(22-32(29)49(45,46)25-37)47-23-33(41)39-34(27-15-11-9-12-16-27)35(42)38-26(3)36(43)44/h9-18,21-22,26,34H,5-8,19-20,23-25H2,1-4H3,(H,38,42)(H,39,41)(H,43,44)/t26-,34?/m0/s1. The van der Waals surface area contributed by atoms with Crippen molar-refractivity contribution in [3.05, 3.63) is 78.4 Å². The minimum absolute atomic E-state index is 0.0114. The number of amides is 2. The van der Waals surface area contributed by atoms with Crippen LogP contribution in [0.1, 0.15) is 70.9 Å². The van der Waals surface area contributed by atoms with Crippen molar-refractivity contribution in [2.45, 2.75) is 81.2 Å². The third-order valence-corrected chi connectivity index (χ3v) is 11.6. The fraction of sp³-hybridized carbons (Fsp3) is 0.432. The van der Waals surface area contributed by atoms with Gasteiger partial charge in [-0.15, -0.1) is 11.8 Å². The average Bonchev–Trinajstić information content (AvgIpc) is 3.19. The Hall–Kier alpha value is -4.03. The molecule has 1 aliphatic heterocycles. The molecule has 0 fully saturated rings. The summed E-state index contributed by atoms with van der Waals surface area (Å²) in [5.74, 6) is -2.28. The highest BCUT2D eigenvalue weighted by atomic mass is 32.2. The quantitative estimate of drug-likeness (QED) is 0.142. The topological polar surface area (TPSA) is 142 Å². The molecule has 12 heteroatoms. The van der Waals surface area contributed by atoms with Crippen molar-refractivity contribution in [2.75, 3.05) is 30.1 Å². The zero-order chi connectivity index (χ0) is 35.6. The van der Waals surface area contributed by atoms with Gasteiger partial charge in [0.05, 0.1) is 21.2 Å². The third-order valence-electron chi connectivity index (χ3n) is 8.84. The molecule has 2 amide bonds. The van der Waals surface area contributed by atoms with Crippen LogP contribution in [-0.4, -0.2) is 62.5 Å². The molecule has 3 aromatic carbocycles. The number of carbonyl (C=O) groups excluding carboxylic acids is 2. The number of unbranched alkanes of at least 4 members (excludes halogenated alkanes) is 2. The maximum atomic E-state index is 14.4. The molecular formula is C37H47N3O7S2. The summed E-state index contributed by atoms with van der Waals surface area (Å²) in [6.07, 6.45) is 7.23. The van der Waals surface area contributed by atoms with Crippen LogP contribution in [0.3, 0.4) is 0 Å². The number of anilines is 2. The summed E-state index contributed by atoms with van der Waals surface area (Å²) in [5.41, 5.74) is 1.49. The molecule has 2 atom stereocenters. The number of fused-ring (bicyclic) bond motifs is 1. The molecule has 3 N–H and O–H groups in total. The Morgan fingerprint density at radius 3 is 2.14 bits per heavy atom. The lowest BCUT2D eigenvalue weighted by atomic mass is 9.79. The Morgan fingerprint density at radius 2 is 1.57 bits per heavy atom. The molecule has 0 aromatic heterocycles. The first-order chi connectivity index (χ1) is 23.4. The van der Waals surface area contributed by atoms with E-state index in [0.29, 0.717) is 22.7 Å². The summed E-state index contributed by atoms with van der Waals surface area (Å²) in [6.45, 7) is 5.63. The number of carboxylic acids is 1. The Morgan fingerprint density at radius 1 is 0.959 bits per heavy atom. The number of carbonyl (C=O) groups is 3. The van der Waals surface area contributed by atoms with E-state index in [9.17, 15) is 27.9 Å². The first kappa shape index (κ1) is 37.8. The normalized spacial score (nSPS) is 16.0. The summed E-state index contributed by atoms with van der Waals surface area (Å²) in [7, 11) is -3.79. The lowest BCUT2D eigenvalue weighted by molar-refractivity contribution is -0.141. The smallest absolute Gasteiger partial charge is 0.325 e. The van der Waals surface area contributed by atoms with Gasteiger partial charge in [0.1, 0.15) is 17.8 Å². The van der Waals surface area contributed by atoms with E-state index < -0.39 is 51.7 Å². The number of ether oxygens (including phenoxy) is 1. The molecule has 10 nitrogen and oxygen atoms in total. The van der Waals surface area contributed by atoms with Gasteiger partial charge in [-0.2, -0.15) is 0 Å². The van der Waals surface area contributed by atoms with Crippen LogP contribution >= 0.6 is 11.8 Å². The number of aliphatic carboxylic acids is 1. The van der Waals surface area contributed by atoms with Gasteiger partial charge in [-0.1, -0.05) is 88.1 Å². The maximum absolute atomic E-state index is 14.4.